The minimum absolute atomic E-state index is 0.0168. The highest BCUT2D eigenvalue weighted by atomic mass is 32.2. The number of carbonyl (C=O) groups excluding carboxylic acids is 2. The quantitative estimate of drug-likeness (QED) is 0.921. The van der Waals surface area contributed by atoms with Crippen LogP contribution in [0.3, 0.4) is 0 Å². The van der Waals surface area contributed by atoms with Gasteiger partial charge in [0.15, 0.2) is 5.12 Å². The number of hydrogen-bond donors (Lipinski definition) is 1. The molecular formula is C17H19NO2S. The second kappa shape index (κ2) is 7.27. The molecule has 1 amide bonds. The third-order valence-corrected chi connectivity index (χ3v) is 4.34. The predicted molar refractivity (Wildman–Crippen MR) is 88.1 cm³/mol. The lowest BCUT2D eigenvalue weighted by Crippen LogP contribution is -2.30. The van der Waals surface area contributed by atoms with Gasteiger partial charge in [0.25, 0.3) is 0 Å². The van der Waals surface area contributed by atoms with Crippen LogP contribution >= 0.6 is 11.8 Å². The zero-order valence-electron chi connectivity index (χ0n) is 12.3. The van der Waals surface area contributed by atoms with Gasteiger partial charge in [-0.25, -0.2) is 0 Å². The molecule has 0 fully saturated rings. The van der Waals surface area contributed by atoms with Crippen LogP contribution in [0.15, 0.2) is 42.5 Å². The summed E-state index contributed by atoms with van der Waals surface area (Å²) in [6.45, 7) is 3.87. The van der Waals surface area contributed by atoms with E-state index in [2.05, 4.69) is 29.6 Å². The van der Waals surface area contributed by atoms with Gasteiger partial charge < -0.3 is 5.32 Å². The molecule has 0 aliphatic heterocycles. The number of amides is 1. The molecule has 0 unspecified atom stereocenters. The van der Waals surface area contributed by atoms with E-state index in [9.17, 15) is 9.59 Å². The van der Waals surface area contributed by atoms with E-state index in [4.69, 9.17) is 0 Å². The van der Waals surface area contributed by atoms with Crippen molar-refractivity contribution in [3.05, 3.63) is 48.0 Å². The maximum atomic E-state index is 12.0. The van der Waals surface area contributed by atoms with Gasteiger partial charge in [-0.2, -0.15) is 0 Å². The summed E-state index contributed by atoms with van der Waals surface area (Å²) in [6.07, 6.45) is 0. The summed E-state index contributed by atoms with van der Waals surface area (Å²) < 4.78 is 0. The van der Waals surface area contributed by atoms with Gasteiger partial charge in [0.2, 0.25) is 5.91 Å². The van der Waals surface area contributed by atoms with E-state index < -0.39 is 0 Å². The van der Waals surface area contributed by atoms with E-state index >= 15 is 0 Å². The summed E-state index contributed by atoms with van der Waals surface area (Å²) in [6, 6.07) is 14.3. The average molecular weight is 301 g/mol. The molecule has 0 heterocycles. The van der Waals surface area contributed by atoms with Crippen molar-refractivity contribution in [2.45, 2.75) is 20.4 Å². The Balaban J connectivity index is 1.91. The Morgan fingerprint density at radius 3 is 2.57 bits per heavy atom. The Morgan fingerprint density at radius 2 is 1.86 bits per heavy atom. The molecule has 21 heavy (non-hydrogen) atoms. The Kier molecular flexibility index (Phi) is 5.39. The van der Waals surface area contributed by atoms with Crippen molar-refractivity contribution in [1.82, 2.24) is 5.32 Å². The van der Waals surface area contributed by atoms with Crippen molar-refractivity contribution < 1.29 is 9.59 Å². The van der Waals surface area contributed by atoms with Crippen LogP contribution in [0.1, 0.15) is 19.4 Å². The molecule has 1 N–H and O–H groups in total. The van der Waals surface area contributed by atoms with Crippen molar-refractivity contribution in [3.8, 4) is 0 Å². The van der Waals surface area contributed by atoms with Crippen molar-refractivity contribution >= 4 is 33.6 Å². The lowest BCUT2D eigenvalue weighted by atomic mass is 10.1. The SMILES string of the molecule is CC(=O)SC[C@@H](C)C(=O)NCc1ccc2ccccc2c1. The molecule has 110 valence electrons. The van der Waals surface area contributed by atoms with Gasteiger partial charge in [-0.15, -0.1) is 0 Å². The minimum Gasteiger partial charge on any atom is -0.352 e. The third-order valence-electron chi connectivity index (χ3n) is 3.26. The number of carbonyl (C=O) groups is 2. The lowest BCUT2D eigenvalue weighted by Gasteiger charge is -2.11. The van der Waals surface area contributed by atoms with Gasteiger partial charge in [-0.3, -0.25) is 9.59 Å². The molecule has 4 heteroatoms. The smallest absolute Gasteiger partial charge is 0.223 e. The second-order valence-electron chi connectivity index (χ2n) is 5.10. The first-order valence-corrected chi connectivity index (χ1v) is 7.93. The molecule has 2 aromatic carbocycles. The van der Waals surface area contributed by atoms with Gasteiger partial charge in [0.1, 0.15) is 0 Å². The number of benzene rings is 2. The summed E-state index contributed by atoms with van der Waals surface area (Å²) in [4.78, 5) is 22.9. The second-order valence-corrected chi connectivity index (χ2v) is 6.30. The molecule has 0 radical (unpaired) electrons. The molecule has 0 bridgehead atoms. The molecule has 0 saturated carbocycles. The highest BCUT2D eigenvalue weighted by Crippen LogP contribution is 2.16. The van der Waals surface area contributed by atoms with Crippen LogP contribution < -0.4 is 5.32 Å². The number of hydrogen-bond acceptors (Lipinski definition) is 3. The summed E-state index contributed by atoms with van der Waals surface area (Å²) in [5.41, 5.74) is 1.08. The van der Waals surface area contributed by atoms with Crippen LogP contribution in [0.2, 0.25) is 0 Å². The largest absolute Gasteiger partial charge is 0.352 e. The molecule has 0 aromatic heterocycles. The van der Waals surface area contributed by atoms with Gasteiger partial charge in [-0.1, -0.05) is 55.1 Å². The summed E-state index contributed by atoms with van der Waals surface area (Å²) in [7, 11) is 0. The molecule has 0 aliphatic rings. The van der Waals surface area contributed by atoms with E-state index in [1.54, 1.807) is 0 Å². The van der Waals surface area contributed by atoms with Gasteiger partial charge >= 0.3 is 0 Å². The molecule has 1 atom stereocenters. The van der Waals surface area contributed by atoms with Crippen molar-refractivity contribution in [3.63, 3.8) is 0 Å². The molecular weight excluding hydrogens is 282 g/mol. The maximum Gasteiger partial charge on any atom is 0.223 e. The van der Waals surface area contributed by atoms with E-state index in [0.717, 1.165) is 5.56 Å². The molecule has 0 spiro atoms. The number of nitrogens with one attached hydrogen (secondary N) is 1. The molecule has 2 aromatic rings. The van der Waals surface area contributed by atoms with Crippen LogP contribution in [0.25, 0.3) is 10.8 Å². The fourth-order valence-corrected chi connectivity index (χ4v) is 2.67. The van der Waals surface area contributed by atoms with E-state index in [-0.39, 0.29) is 16.9 Å². The zero-order chi connectivity index (χ0) is 15.2. The molecule has 3 nitrogen and oxygen atoms in total. The summed E-state index contributed by atoms with van der Waals surface area (Å²) in [5.74, 6) is 0.343. The highest BCUT2D eigenvalue weighted by Gasteiger charge is 2.13. The number of rotatable bonds is 5. The van der Waals surface area contributed by atoms with Crippen molar-refractivity contribution in [2.75, 3.05) is 5.75 Å². The van der Waals surface area contributed by atoms with Crippen LogP contribution in [0.5, 0.6) is 0 Å². The van der Waals surface area contributed by atoms with Crippen molar-refractivity contribution in [2.24, 2.45) is 5.92 Å². The fraction of sp³-hybridized carbons (Fsp3) is 0.294. The molecule has 0 saturated heterocycles. The van der Waals surface area contributed by atoms with E-state index in [0.29, 0.717) is 12.3 Å². The van der Waals surface area contributed by atoms with Crippen molar-refractivity contribution in [1.29, 1.82) is 0 Å². The van der Waals surface area contributed by atoms with Crippen LogP contribution in [0.4, 0.5) is 0 Å². The zero-order valence-corrected chi connectivity index (χ0v) is 13.1. The van der Waals surface area contributed by atoms with Gasteiger partial charge in [0.05, 0.1) is 0 Å². The highest BCUT2D eigenvalue weighted by molar-refractivity contribution is 8.13. The monoisotopic (exact) mass is 301 g/mol. The summed E-state index contributed by atoms with van der Waals surface area (Å²) in [5, 5.41) is 5.33. The van der Waals surface area contributed by atoms with Crippen LogP contribution in [-0.2, 0) is 16.1 Å². The Bertz CT molecular complexity index is 654. The fourth-order valence-electron chi connectivity index (χ4n) is 2.03. The maximum absolute atomic E-state index is 12.0. The van der Waals surface area contributed by atoms with E-state index in [1.807, 2.05) is 25.1 Å². The lowest BCUT2D eigenvalue weighted by molar-refractivity contribution is -0.124. The molecule has 0 aliphatic carbocycles. The standard InChI is InChI=1S/C17H19NO2S/c1-12(11-21-13(2)19)17(20)18-10-14-7-8-15-5-3-4-6-16(15)9-14/h3-9,12H,10-11H2,1-2H3,(H,18,20)/t12-/m1/s1. The first kappa shape index (κ1) is 15.6. The van der Waals surface area contributed by atoms with Gasteiger partial charge in [0, 0.05) is 25.1 Å². The van der Waals surface area contributed by atoms with Crippen LogP contribution in [0, 0.1) is 5.92 Å². The number of fused-ring (bicyclic) bond motifs is 1. The molecule has 2 rings (SSSR count). The summed E-state index contributed by atoms with van der Waals surface area (Å²) >= 11 is 1.19. The van der Waals surface area contributed by atoms with Crippen LogP contribution in [-0.4, -0.2) is 16.8 Å². The third kappa shape index (κ3) is 4.60. The number of thioether (sulfide) groups is 1. The predicted octanol–water partition coefficient (Wildman–Crippen LogP) is 3.37. The van der Waals surface area contributed by atoms with Gasteiger partial charge in [-0.05, 0) is 22.4 Å². The Morgan fingerprint density at radius 1 is 1.14 bits per heavy atom. The Hall–Kier alpha value is -1.81. The average Bonchev–Trinajstić information content (AvgIpc) is 2.49. The normalized spacial score (nSPS) is 12.1. The first-order valence-electron chi connectivity index (χ1n) is 6.95. The Labute approximate surface area is 129 Å². The first-order chi connectivity index (χ1) is 10.1. The topological polar surface area (TPSA) is 46.2 Å². The minimum atomic E-state index is -0.167. The van der Waals surface area contributed by atoms with E-state index in [1.165, 1.54) is 29.5 Å².